The summed E-state index contributed by atoms with van der Waals surface area (Å²) in [6.07, 6.45) is 10.1. The van der Waals surface area contributed by atoms with Crippen LogP contribution in [0.3, 0.4) is 0 Å². The van der Waals surface area contributed by atoms with Crippen LogP contribution in [0.4, 0.5) is 5.69 Å². The Morgan fingerprint density at radius 1 is 0.897 bits per heavy atom. The maximum Gasteiger partial charge on any atom is 0.258 e. The number of amides is 2. The number of allylic oxidation sites excluding steroid dienone is 1. The summed E-state index contributed by atoms with van der Waals surface area (Å²) in [7, 11) is 0. The minimum atomic E-state index is -0.0799. The van der Waals surface area contributed by atoms with Gasteiger partial charge in [0, 0.05) is 29.9 Å². The summed E-state index contributed by atoms with van der Waals surface area (Å²) >= 11 is 0. The van der Waals surface area contributed by atoms with E-state index in [4.69, 9.17) is 0 Å². The van der Waals surface area contributed by atoms with E-state index in [1.54, 1.807) is 24.3 Å². The Morgan fingerprint density at radius 2 is 1.69 bits per heavy atom. The second-order valence-corrected chi connectivity index (χ2v) is 7.88. The van der Waals surface area contributed by atoms with Crippen LogP contribution in [0.2, 0.25) is 0 Å². The lowest BCUT2D eigenvalue weighted by Gasteiger charge is -2.29. The number of hydrogen-bond donors (Lipinski definition) is 1. The number of fused-ring (bicyclic) bond motifs is 1. The molecule has 1 heterocycles. The van der Waals surface area contributed by atoms with Gasteiger partial charge in [-0.2, -0.15) is 0 Å². The Balaban J connectivity index is 1.37. The molecule has 0 aromatic heterocycles. The average molecular weight is 389 g/mol. The van der Waals surface area contributed by atoms with E-state index in [2.05, 4.69) is 17.5 Å². The molecule has 2 amide bonds. The molecule has 4 nitrogen and oxygen atoms in total. The highest BCUT2D eigenvalue weighted by atomic mass is 16.2. The third kappa shape index (κ3) is 4.58. The SMILES string of the molecule is O=C(NCCC1=CCCCC1)c1ccc(C(=O)N2CCCc3ccccc32)cc1. The zero-order chi connectivity index (χ0) is 20.1. The predicted molar refractivity (Wildman–Crippen MR) is 116 cm³/mol. The van der Waals surface area contributed by atoms with Gasteiger partial charge in [0.25, 0.3) is 11.8 Å². The van der Waals surface area contributed by atoms with Gasteiger partial charge in [-0.15, -0.1) is 0 Å². The first kappa shape index (κ1) is 19.4. The zero-order valence-electron chi connectivity index (χ0n) is 16.8. The quantitative estimate of drug-likeness (QED) is 0.741. The highest BCUT2D eigenvalue weighted by molar-refractivity contribution is 6.07. The molecule has 0 spiro atoms. The molecule has 0 unspecified atom stereocenters. The Hall–Kier alpha value is -2.88. The second kappa shape index (κ2) is 9.08. The Labute approximate surface area is 172 Å². The smallest absolute Gasteiger partial charge is 0.258 e. The lowest BCUT2D eigenvalue weighted by molar-refractivity contribution is 0.0950. The van der Waals surface area contributed by atoms with Crippen LogP contribution in [-0.2, 0) is 6.42 Å². The number of carbonyl (C=O) groups is 2. The zero-order valence-corrected chi connectivity index (χ0v) is 16.8. The first-order valence-electron chi connectivity index (χ1n) is 10.7. The van der Waals surface area contributed by atoms with Gasteiger partial charge in [0.2, 0.25) is 0 Å². The molecular formula is C25H28N2O2. The van der Waals surface area contributed by atoms with Gasteiger partial charge in [-0.25, -0.2) is 0 Å². The van der Waals surface area contributed by atoms with Crippen LogP contribution in [0.5, 0.6) is 0 Å². The summed E-state index contributed by atoms with van der Waals surface area (Å²) in [5.74, 6) is -0.0860. The number of nitrogens with one attached hydrogen (secondary N) is 1. The topological polar surface area (TPSA) is 49.4 Å². The molecule has 1 N–H and O–H groups in total. The number of para-hydroxylation sites is 1. The Bertz CT molecular complexity index is 915. The van der Waals surface area contributed by atoms with E-state index in [-0.39, 0.29) is 11.8 Å². The summed E-state index contributed by atoms with van der Waals surface area (Å²) in [4.78, 5) is 27.3. The second-order valence-electron chi connectivity index (χ2n) is 7.88. The molecule has 1 aliphatic carbocycles. The standard InChI is InChI=1S/C25H28N2O2/c28-24(26-17-16-19-7-2-1-3-8-19)21-12-14-22(15-13-21)25(29)27-18-6-10-20-9-4-5-11-23(20)27/h4-5,7,9,11-15H,1-3,6,8,10,16-18H2,(H,26,28). The fourth-order valence-electron chi connectivity index (χ4n) is 4.23. The van der Waals surface area contributed by atoms with Crippen molar-refractivity contribution in [2.75, 3.05) is 18.0 Å². The number of benzene rings is 2. The van der Waals surface area contributed by atoms with Crippen molar-refractivity contribution in [2.24, 2.45) is 0 Å². The van der Waals surface area contributed by atoms with Crippen molar-refractivity contribution in [1.29, 1.82) is 0 Å². The molecule has 150 valence electrons. The average Bonchev–Trinajstić information content (AvgIpc) is 2.79. The van der Waals surface area contributed by atoms with E-state index in [0.717, 1.165) is 37.9 Å². The number of hydrogen-bond acceptors (Lipinski definition) is 2. The number of rotatable bonds is 5. The molecule has 2 aromatic carbocycles. The number of anilines is 1. The van der Waals surface area contributed by atoms with Gasteiger partial charge < -0.3 is 10.2 Å². The highest BCUT2D eigenvalue weighted by Crippen LogP contribution is 2.28. The van der Waals surface area contributed by atoms with E-state index in [1.807, 2.05) is 23.1 Å². The van der Waals surface area contributed by atoms with E-state index < -0.39 is 0 Å². The summed E-state index contributed by atoms with van der Waals surface area (Å²) in [6, 6.07) is 15.1. The van der Waals surface area contributed by atoms with Crippen LogP contribution in [-0.4, -0.2) is 24.9 Å². The molecule has 2 aromatic rings. The predicted octanol–water partition coefficient (Wildman–Crippen LogP) is 4.90. The summed E-state index contributed by atoms with van der Waals surface area (Å²) < 4.78 is 0. The van der Waals surface area contributed by atoms with Gasteiger partial charge in [0.1, 0.15) is 0 Å². The van der Waals surface area contributed by atoms with E-state index in [9.17, 15) is 9.59 Å². The van der Waals surface area contributed by atoms with Gasteiger partial charge in [-0.05, 0) is 80.8 Å². The Kier molecular flexibility index (Phi) is 6.09. The Morgan fingerprint density at radius 3 is 2.48 bits per heavy atom. The van der Waals surface area contributed by atoms with E-state index in [1.165, 1.54) is 30.4 Å². The maximum absolute atomic E-state index is 13.0. The van der Waals surface area contributed by atoms with Crippen molar-refractivity contribution in [3.63, 3.8) is 0 Å². The molecular weight excluding hydrogens is 360 g/mol. The largest absolute Gasteiger partial charge is 0.352 e. The first-order chi connectivity index (χ1) is 14.2. The summed E-state index contributed by atoms with van der Waals surface area (Å²) in [5.41, 5.74) is 4.89. The van der Waals surface area contributed by atoms with Crippen molar-refractivity contribution in [3.8, 4) is 0 Å². The lowest BCUT2D eigenvalue weighted by Crippen LogP contribution is -2.35. The molecule has 4 rings (SSSR count). The van der Waals surface area contributed by atoms with Gasteiger partial charge >= 0.3 is 0 Å². The fraction of sp³-hybridized carbons (Fsp3) is 0.360. The van der Waals surface area contributed by atoms with Gasteiger partial charge in [-0.1, -0.05) is 29.8 Å². The van der Waals surface area contributed by atoms with Crippen molar-refractivity contribution in [1.82, 2.24) is 5.32 Å². The fourth-order valence-corrected chi connectivity index (χ4v) is 4.23. The van der Waals surface area contributed by atoms with Crippen LogP contribution in [0, 0.1) is 0 Å². The molecule has 29 heavy (non-hydrogen) atoms. The van der Waals surface area contributed by atoms with Crippen molar-refractivity contribution in [2.45, 2.75) is 44.9 Å². The minimum Gasteiger partial charge on any atom is -0.352 e. The molecule has 0 radical (unpaired) electrons. The van der Waals surface area contributed by atoms with Crippen molar-refractivity contribution < 1.29 is 9.59 Å². The molecule has 2 aliphatic rings. The van der Waals surface area contributed by atoms with Gasteiger partial charge in [0.05, 0.1) is 0 Å². The molecule has 0 saturated carbocycles. The molecule has 1 aliphatic heterocycles. The first-order valence-corrected chi connectivity index (χ1v) is 10.7. The van der Waals surface area contributed by atoms with Gasteiger partial charge in [-0.3, -0.25) is 9.59 Å². The van der Waals surface area contributed by atoms with Crippen molar-refractivity contribution >= 4 is 17.5 Å². The van der Waals surface area contributed by atoms with Crippen LogP contribution >= 0.6 is 0 Å². The van der Waals surface area contributed by atoms with E-state index >= 15 is 0 Å². The minimum absolute atomic E-state index is 0.00616. The monoisotopic (exact) mass is 388 g/mol. The number of aryl methyl sites for hydroxylation is 1. The van der Waals surface area contributed by atoms with Gasteiger partial charge in [0.15, 0.2) is 0 Å². The molecule has 0 bridgehead atoms. The van der Waals surface area contributed by atoms with Crippen molar-refractivity contribution in [3.05, 3.63) is 76.9 Å². The molecule has 0 saturated heterocycles. The number of carbonyl (C=O) groups excluding carboxylic acids is 2. The normalized spacial score (nSPS) is 16.0. The maximum atomic E-state index is 13.0. The van der Waals surface area contributed by atoms with Crippen LogP contribution in [0.15, 0.2) is 60.2 Å². The van der Waals surface area contributed by atoms with Crippen LogP contribution in [0.1, 0.15) is 64.8 Å². The third-order valence-corrected chi connectivity index (χ3v) is 5.87. The molecule has 0 atom stereocenters. The third-order valence-electron chi connectivity index (χ3n) is 5.87. The molecule has 4 heteroatoms. The highest BCUT2D eigenvalue weighted by Gasteiger charge is 2.23. The summed E-state index contributed by atoms with van der Waals surface area (Å²) in [6.45, 7) is 1.39. The van der Waals surface area contributed by atoms with Crippen LogP contribution < -0.4 is 10.2 Å². The van der Waals surface area contributed by atoms with E-state index in [0.29, 0.717) is 17.7 Å². The number of nitrogens with zero attached hydrogens (tertiary/aromatic N) is 1. The molecule has 0 fully saturated rings. The summed E-state index contributed by atoms with van der Waals surface area (Å²) in [5, 5.41) is 3.00. The lowest BCUT2D eigenvalue weighted by atomic mass is 9.97. The van der Waals surface area contributed by atoms with Crippen LogP contribution in [0.25, 0.3) is 0 Å².